The van der Waals surface area contributed by atoms with Crippen LogP contribution in [-0.2, 0) is 0 Å². The van der Waals surface area contributed by atoms with Crippen LogP contribution in [0, 0.1) is 11.3 Å². The standard InChI is InChI=1S/C37H22N2/c38-23-27-20-26-22-36(29-13-5-7-16-32(29)37(26)31-15-6-4-12-28(27)31)39-34-17-9-8-14-30(34)33-21-25(18-19-35(33)39)24-10-2-1-3-11-24/h1-22H. The number of fused-ring (bicyclic) bond motifs is 8. The molecule has 0 saturated heterocycles. The molecule has 0 bridgehead atoms. The minimum atomic E-state index is 0.703. The summed E-state index contributed by atoms with van der Waals surface area (Å²) in [6.07, 6.45) is 0. The Balaban J connectivity index is 1.52. The van der Waals surface area contributed by atoms with Gasteiger partial charge in [0.25, 0.3) is 0 Å². The lowest BCUT2D eigenvalue weighted by molar-refractivity contribution is 1.20. The van der Waals surface area contributed by atoms with Crippen molar-refractivity contribution in [3.05, 3.63) is 139 Å². The first-order valence-electron chi connectivity index (χ1n) is 13.2. The molecule has 0 unspecified atom stereocenters. The number of nitrogens with zero attached hydrogens (tertiary/aromatic N) is 2. The summed E-state index contributed by atoms with van der Waals surface area (Å²) in [6.45, 7) is 0. The maximum absolute atomic E-state index is 10.0. The summed E-state index contributed by atoms with van der Waals surface area (Å²) in [7, 11) is 0. The van der Waals surface area contributed by atoms with E-state index < -0.39 is 0 Å². The molecule has 1 heterocycles. The Morgan fingerprint density at radius 2 is 1.08 bits per heavy atom. The van der Waals surface area contributed by atoms with E-state index >= 15 is 0 Å². The third-order valence-corrected chi connectivity index (χ3v) is 7.98. The minimum Gasteiger partial charge on any atom is -0.309 e. The van der Waals surface area contributed by atoms with Gasteiger partial charge in [-0.25, -0.2) is 0 Å². The molecule has 0 aliphatic carbocycles. The van der Waals surface area contributed by atoms with Gasteiger partial charge in [0.15, 0.2) is 0 Å². The van der Waals surface area contributed by atoms with Crippen LogP contribution in [0.2, 0.25) is 0 Å². The highest BCUT2D eigenvalue weighted by Gasteiger charge is 2.18. The van der Waals surface area contributed by atoms with Gasteiger partial charge >= 0.3 is 0 Å². The topological polar surface area (TPSA) is 28.7 Å². The van der Waals surface area contributed by atoms with Crippen LogP contribution >= 0.6 is 0 Å². The van der Waals surface area contributed by atoms with Gasteiger partial charge in [-0.15, -0.1) is 0 Å². The lowest BCUT2D eigenvalue weighted by atomic mass is 9.92. The summed E-state index contributed by atoms with van der Waals surface area (Å²) < 4.78 is 2.39. The second kappa shape index (κ2) is 8.31. The molecule has 0 N–H and O–H groups in total. The van der Waals surface area contributed by atoms with Gasteiger partial charge in [-0.2, -0.15) is 5.26 Å². The second-order valence-electron chi connectivity index (χ2n) is 10.1. The third kappa shape index (κ3) is 3.14. The Labute approximate surface area is 225 Å². The average Bonchev–Trinajstić information content (AvgIpc) is 3.34. The van der Waals surface area contributed by atoms with Crippen molar-refractivity contribution in [2.45, 2.75) is 0 Å². The van der Waals surface area contributed by atoms with Crippen molar-refractivity contribution in [2.75, 3.05) is 0 Å². The van der Waals surface area contributed by atoms with Gasteiger partial charge < -0.3 is 4.57 Å². The van der Waals surface area contributed by atoms with Crippen LogP contribution in [0.15, 0.2) is 133 Å². The van der Waals surface area contributed by atoms with E-state index in [2.05, 4.69) is 132 Å². The first-order chi connectivity index (χ1) is 19.3. The van der Waals surface area contributed by atoms with Crippen LogP contribution in [0.4, 0.5) is 0 Å². The highest BCUT2D eigenvalue weighted by atomic mass is 15.0. The fourth-order valence-electron chi connectivity index (χ4n) is 6.28. The Hall–Kier alpha value is -5.39. The smallest absolute Gasteiger partial charge is 0.0998 e. The zero-order valence-corrected chi connectivity index (χ0v) is 21.1. The quantitative estimate of drug-likeness (QED) is 0.220. The molecular weight excluding hydrogens is 472 g/mol. The highest BCUT2D eigenvalue weighted by Crippen LogP contribution is 2.41. The third-order valence-electron chi connectivity index (χ3n) is 7.98. The molecule has 2 nitrogen and oxygen atoms in total. The Kier molecular flexibility index (Phi) is 4.62. The summed E-state index contributed by atoms with van der Waals surface area (Å²) in [6, 6.07) is 49.6. The SMILES string of the molecule is N#Cc1cc2cc(-n3c4ccccc4c4cc(-c5ccccc5)ccc43)c3ccccc3c2c2ccccc12. The Morgan fingerprint density at radius 1 is 0.462 bits per heavy atom. The molecule has 0 atom stereocenters. The van der Waals surface area contributed by atoms with Gasteiger partial charge in [0.1, 0.15) is 0 Å². The first kappa shape index (κ1) is 21.7. The zero-order valence-electron chi connectivity index (χ0n) is 21.1. The van der Waals surface area contributed by atoms with Gasteiger partial charge in [0, 0.05) is 21.5 Å². The van der Waals surface area contributed by atoms with Crippen LogP contribution in [0.25, 0.3) is 70.9 Å². The molecule has 8 rings (SSSR count). The minimum absolute atomic E-state index is 0.703. The van der Waals surface area contributed by atoms with Crippen LogP contribution < -0.4 is 0 Å². The van der Waals surface area contributed by atoms with E-state index in [4.69, 9.17) is 0 Å². The van der Waals surface area contributed by atoms with Crippen molar-refractivity contribution in [2.24, 2.45) is 0 Å². The van der Waals surface area contributed by atoms with Gasteiger partial charge in [-0.05, 0) is 63.0 Å². The zero-order chi connectivity index (χ0) is 25.9. The van der Waals surface area contributed by atoms with E-state index in [-0.39, 0.29) is 0 Å². The summed E-state index contributed by atoms with van der Waals surface area (Å²) in [5, 5.41) is 19.2. The normalized spacial score (nSPS) is 11.6. The molecule has 180 valence electrons. The van der Waals surface area contributed by atoms with Crippen molar-refractivity contribution in [3.8, 4) is 22.9 Å². The van der Waals surface area contributed by atoms with Crippen LogP contribution in [0.3, 0.4) is 0 Å². The molecule has 39 heavy (non-hydrogen) atoms. The number of para-hydroxylation sites is 1. The molecule has 0 radical (unpaired) electrons. The average molecular weight is 495 g/mol. The van der Waals surface area contributed by atoms with Crippen molar-refractivity contribution >= 4 is 54.1 Å². The lowest BCUT2D eigenvalue weighted by Crippen LogP contribution is -1.97. The number of rotatable bonds is 2. The summed E-state index contributed by atoms with van der Waals surface area (Å²) >= 11 is 0. The molecule has 8 aromatic rings. The second-order valence-corrected chi connectivity index (χ2v) is 10.1. The van der Waals surface area contributed by atoms with E-state index in [1.54, 1.807) is 0 Å². The van der Waals surface area contributed by atoms with Crippen molar-refractivity contribution < 1.29 is 0 Å². The molecule has 0 saturated carbocycles. The van der Waals surface area contributed by atoms with Crippen molar-refractivity contribution in [1.29, 1.82) is 5.26 Å². The Morgan fingerprint density at radius 3 is 1.85 bits per heavy atom. The molecule has 2 heteroatoms. The predicted octanol–water partition coefficient (Wildman–Crippen LogP) is 9.78. The van der Waals surface area contributed by atoms with E-state index in [9.17, 15) is 5.26 Å². The summed E-state index contributed by atoms with van der Waals surface area (Å²) in [5.74, 6) is 0. The lowest BCUT2D eigenvalue weighted by Gasteiger charge is -2.16. The number of benzene rings is 7. The summed E-state index contributed by atoms with van der Waals surface area (Å²) in [5.41, 5.74) is 6.58. The highest BCUT2D eigenvalue weighted by molar-refractivity contribution is 6.24. The predicted molar refractivity (Wildman–Crippen MR) is 163 cm³/mol. The maximum Gasteiger partial charge on any atom is 0.0998 e. The Bertz CT molecular complexity index is 2280. The molecule has 7 aromatic carbocycles. The van der Waals surface area contributed by atoms with Gasteiger partial charge in [0.05, 0.1) is 28.4 Å². The van der Waals surface area contributed by atoms with Gasteiger partial charge in [0.2, 0.25) is 0 Å². The van der Waals surface area contributed by atoms with Gasteiger partial charge in [-0.3, -0.25) is 0 Å². The van der Waals surface area contributed by atoms with E-state index in [1.165, 1.54) is 49.1 Å². The molecule has 0 aliphatic heterocycles. The molecule has 0 spiro atoms. The number of nitriles is 1. The fraction of sp³-hybridized carbons (Fsp3) is 0. The van der Waals surface area contributed by atoms with E-state index in [1.807, 2.05) is 12.1 Å². The monoisotopic (exact) mass is 494 g/mol. The molecular formula is C37H22N2. The van der Waals surface area contributed by atoms with Gasteiger partial charge in [-0.1, -0.05) is 103 Å². The molecule has 0 fully saturated rings. The van der Waals surface area contributed by atoms with E-state index in [0.717, 1.165) is 21.8 Å². The molecule has 0 amide bonds. The van der Waals surface area contributed by atoms with Crippen molar-refractivity contribution in [3.63, 3.8) is 0 Å². The number of hydrogen-bond acceptors (Lipinski definition) is 1. The number of hydrogen-bond donors (Lipinski definition) is 0. The molecule has 0 aliphatic rings. The van der Waals surface area contributed by atoms with E-state index in [0.29, 0.717) is 5.56 Å². The van der Waals surface area contributed by atoms with Crippen LogP contribution in [0.5, 0.6) is 0 Å². The fourth-order valence-corrected chi connectivity index (χ4v) is 6.28. The van der Waals surface area contributed by atoms with Crippen molar-refractivity contribution in [1.82, 2.24) is 4.57 Å². The van der Waals surface area contributed by atoms with Crippen LogP contribution in [0.1, 0.15) is 5.56 Å². The van der Waals surface area contributed by atoms with Crippen LogP contribution in [-0.4, -0.2) is 4.57 Å². The first-order valence-corrected chi connectivity index (χ1v) is 13.2. The summed E-state index contributed by atoms with van der Waals surface area (Å²) in [4.78, 5) is 0. The largest absolute Gasteiger partial charge is 0.309 e. The maximum atomic E-state index is 10.0. The number of aromatic nitrogens is 1. The molecule has 1 aromatic heterocycles.